The predicted octanol–water partition coefficient (Wildman–Crippen LogP) is 0.986. The van der Waals surface area contributed by atoms with Crippen LogP contribution in [0.5, 0.6) is 5.75 Å². The molecule has 0 atom stereocenters. The lowest BCUT2D eigenvalue weighted by Gasteiger charge is -2.26. The number of hydrazone groups is 1. The lowest BCUT2D eigenvalue weighted by atomic mass is 10.2. The summed E-state index contributed by atoms with van der Waals surface area (Å²) < 4.78 is 37.3. The highest BCUT2D eigenvalue weighted by atomic mass is 32.2. The quantitative estimate of drug-likeness (QED) is 0.412. The van der Waals surface area contributed by atoms with Crippen molar-refractivity contribution in [3.63, 3.8) is 0 Å². The highest BCUT2D eigenvalue weighted by Gasteiger charge is 2.26. The maximum Gasteiger partial charge on any atom is 0.259 e. The third kappa shape index (κ3) is 6.60. The Morgan fingerprint density at radius 2 is 1.82 bits per heavy atom. The second-order valence-corrected chi connectivity index (χ2v) is 8.93. The molecular weight excluding hydrogens is 448 g/mol. The molecule has 0 aromatic heterocycles. The second kappa shape index (κ2) is 11.5. The smallest absolute Gasteiger partial charge is 0.259 e. The molecule has 176 valence electrons. The van der Waals surface area contributed by atoms with E-state index >= 15 is 0 Å². The van der Waals surface area contributed by atoms with Crippen LogP contribution in [0.15, 0.2) is 58.5 Å². The molecule has 2 aromatic rings. The molecule has 0 spiro atoms. The summed E-state index contributed by atoms with van der Waals surface area (Å²) in [6.45, 7) is 3.37. The number of nitrogens with one attached hydrogen (secondary N) is 2. The van der Waals surface area contributed by atoms with Gasteiger partial charge in [0.25, 0.3) is 11.8 Å². The summed E-state index contributed by atoms with van der Waals surface area (Å²) in [7, 11) is -3.64. The number of para-hydroxylation sites is 1. The van der Waals surface area contributed by atoms with E-state index in [4.69, 9.17) is 9.47 Å². The Morgan fingerprint density at radius 1 is 1.12 bits per heavy atom. The van der Waals surface area contributed by atoms with Crippen LogP contribution in [0.1, 0.15) is 22.8 Å². The monoisotopic (exact) mass is 474 g/mol. The molecule has 2 aromatic carbocycles. The zero-order chi connectivity index (χ0) is 23.7. The largest absolute Gasteiger partial charge is 0.493 e. The minimum atomic E-state index is -3.64. The summed E-state index contributed by atoms with van der Waals surface area (Å²) in [5.41, 5.74) is 3.28. The van der Waals surface area contributed by atoms with Crippen molar-refractivity contribution >= 4 is 28.1 Å². The van der Waals surface area contributed by atoms with Gasteiger partial charge in [-0.05, 0) is 43.3 Å². The number of morpholine rings is 1. The Balaban J connectivity index is 1.51. The summed E-state index contributed by atoms with van der Waals surface area (Å²) >= 11 is 0. The first-order chi connectivity index (χ1) is 15.9. The van der Waals surface area contributed by atoms with E-state index in [2.05, 4.69) is 15.8 Å². The van der Waals surface area contributed by atoms with Crippen LogP contribution in [0.25, 0.3) is 0 Å². The Morgan fingerprint density at radius 3 is 2.52 bits per heavy atom. The van der Waals surface area contributed by atoms with E-state index in [9.17, 15) is 18.0 Å². The van der Waals surface area contributed by atoms with Gasteiger partial charge in [-0.3, -0.25) is 9.59 Å². The molecule has 2 amide bonds. The second-order valence-electron chi connectivity index (χ2n) is 6.99. The van der Waals surface area contributed by atoms with Crippen molar-refractivity contribution in [2.24, 2.45) is 5.10 Å². The van der Waals surface area contributed by atoms with Gasteiger partial charge >= 0.3 is 0 Å². The molecule has 1 fully saturated rings. The molecule has 0 bridgehead atoms. The van der Waals surface area contributed by atoms with Crippen molar-refractivity contribution in [1.82, 2.24) is 15.0 Å². The molecule has 0 radical (unpaired) electrons. The van der Waals surface area contributed by atoms with E-state index < -0.39 is 21.8 Å². The van der Waals surface area contributed by atoms with Crippen molar-refractivity contribution in [2.75, 3.05) is 39.5 Å². The first-order valence-corrected chi connectivity index (χ1v) is 11.9. The summed E-state index contributed by atoms with van der Waals surface area (Å²) in [4.78, 5) is 24.4. The molecule has 2 N–H and O–H groups in total. The molecule has 10 nitrogen and oxygen atoms in total. The van der Waals surface area contributed by atoms with Gasteiger partial charge in [0.15, 0.2) is 0 Å². The number of sulfonamides is 1. The van der Waals surface area contributed by atoms with Crippen LogP contribution in [0.3, 0.4) is 0 Å². The Kier molecular flexibility index (Phi) is 8.52. The van der Waals surface area contributed by atoms with Gasteiger partial charge in [0, 0.05) is 24.2 Å². The molecule has 0 unspecified atom stereocenters. The zero-order valence-corrected chi connectivity index (χ0v) is 19.0. The van der Waals surface area contributed by atoms with Crippen LogP contribution < -0.4 is 15.5 Å². The zero-order valence-electron chi connectivity index (χ0n) is 18.2. The number of benzene rings is 2. The maximum absolute atomic E-state index is 12.6. The topological polar surface area (TPSA) is 126 Å². The Bertz CT molecular complexity index is 1100. The average molecular weight is 475 g/mol. The number of ether oxygens (including phenoxy) is 2. The van der Waals surface area contributed by atoms with Crippen molar-refractivity contribution in [1.29, 1.82) is 0 Å². The summed E-state index contributed by atoms with van der Waals surface area (Å²) in [5.74, 6) is -0.378. The van der Waals surface area contributed by atoms with Crippen LogP contribution in [-0.2, 0) is 19.6 Å². The Labute approximate surface area is 192 Å². The molecule has 1 saturated heterocycles. The van der Waals surface area contributed by atoms with E-state index in [-0.39, 0.29) is 17.0 Å². The molecule has 11 heteroatoms. The molecule has 0 saturated carbocycles. The summed E-state index contributed by atoms with van der Waals surface area (Å²) in [6.07, 6.45) is 1.46. The number of rotatable bonds is 9. The van der Waals surface area contributed by atoms with Crippen LogP contribution in [0.4, 0.5) is 0 Å². The predicted molar refractivity (Wildman–Crippen MR) is 122 cm³/mol. The number of carbonyl (C=O) groups is 2. The molecule has 0 aliphatic carbocycles. The molecule has 1 aliphatic heterocycles. The van der Waals surface area contributed by atoms with E-state index in [1.54, 1.807) is 12.1 Å². The summed E-state index contributed by atoms with van der Waals surface area (Å²) in [6, 6.07) is 12.8. The van der Waals surface area contributed by atoms with Gasteiger partial charge < -0.3 is 14.8 Å². The highest BCUT2D eigenvalue weighted by Crippen LogP contribution is 2.18. The fourth-order valence-electron chi connectivity index (χ4n) is 3.06. The molecule has 3 rings (SSSR count). The van der Waals surface area contributed by atoms with E-state index in [0.29, 0.717) is 44.2 Å². The lowest BCUT2D eigenvalue weighted by molar-refractivity contribution is -0.120. The SMILES string of the molecule is CCOc1ccccc1/C=N\NC(=O)CNC(=O)c1ccc(S(=O)(=O)N2CCOCC2)cc1. The van der Waals surface area contributed by atoms with Gasteiger partial charge in [-0.1, -0.05) is 12.1 Å². The maximum atomic E-state index is 12.6. The number of hydrogen-bond acceptors (Lipinski definition) is 7. The normalized spacial score (nSPS) is 14.7. The van der Waals surface area contributed by atoms with Gasteiger partial charge in [-0.25, -0.2) is 13.8 Å². The van der Waals surface area contributed by atoms with Gasteiger partial charge in [-0.2, -0.15) is 9.41 Å². The number of hydrogen-bond donors (Lipinski definition) is 2. The molecular formula is C22H26N4O6S. The molecule has 33 heavy (non-hydrogen) atoms. The van der Waals surface area contributed by atoms with Gasteiger partial charge in [0.05, 0.1) is 37.5 Å². The van der Waals surface area contributed by atoms with Crippen molar-refractivity contribution in [3.8, 4) is 5.75 Å². The molecule has 1 heterocycles. The van der Waals surface area contributed by atoms with Gasteiger partial charge in [-0.15, -0.1) is 0 Å². The fourth-order valence-corrected chi connectivity index (χ4v) is 4.47. The Hall–Kier alpha value is -3.28. The van der Waals surface area contributed by atoms with Gasteiger partial charge in [0.2, 0.25) is 10.0 Å². The van der Waals surface area contributed by atoms with Crippen LogP contribution in [0, 0.1) is 0 Å². The highest BCUT2D eigenvalue weighted by molar-refractivity contribution is 7.89. The minimum Gasteiger partial charge on any atom is -0.493 e. The van der Waals surface area contributed by atoms with Crippen molar-refractivity contribution < 1.29 is 27.5 Å². The van der Waals surface area contributed by atoms with E-state index in [1.165, 1.54) is 34.8 Å². The average Bonchev–Trinajstić information content (AvgIpc) is 2.84. The number of carbonyl (C=O) groups excluding carboxylic acids is 2. The third-order valence-electron chi connectivity index (χ3n) is 4.75. The van der Waals surface area contributed by atoms with E-state index in [1.807, 2.05) is 19.1 Å². The van der Waals surface area contributed by atoms with Crippen LogP contribution in [0.2, 0.25) is 0 Å². The number of nitrogens with zero attached hydrogens (tertiary/aromatic N) is 2. The standard InChI is InChI=1S/C22H26N4O6S/c1-2-32-20-6-4-3-5-18(20)15-24-25-21(27)16-23-22(28)17-7-9-19(10-8-17)33(29,30)26-11-13-31-14-12-26/h3-10,15H,2,11-14,16H2,1H3,(H,23,28)(H,25,27)/b24-15-. The van der Waals surface area contributed by atoms with Gasteiger partial charge in [0.1, 0.15) is 5.75 Å². The first kappa shape index (κ1) is 24.4. The van der Waals surface area contributed by atoms with Crippen LogP contribution >= 0.6 is 0 Å². The molecule has 1 aliphatic rings. The minimum absolute atomic E-state index is 0.0976. The van der Waals surface area contributed by atoms with E-state index in [0.717, 1.165) is 0 Å². The van der Waals surface area contributed by atoms with Crippen LogP contribution in [-0.4, -0.2) is 70.2 Å². The first-order valence-electron chi connectivity index (χ1n) is 10.4. The van der Waals surface area contributed by atoms with Crippen molar-refractivity contribution in [3.05, 3.63) is 59.7 Å². The third-order valence-corrected chi connectivity index (χ3v) is 6.66. The van der Waals surface area contributed by atoms with Crippen molar-refractivity contribution in [2.45, 2.75) is 11.8 Å². The summed E-state index contributed by atoms with van der Waals surface area (Å²) in [5, 5.41) is 6.36. The number of amides is 2. The fraction of sp³-hybridized carbons (Fsp3) is 0.318. The lowest BCUT2D eigenvalue weighted by Crippen LogP contribution is -2.40.